The molecule has 3 rings (SSSR count). The largest absolute Gasteiger partial charge is 0.490 e. The molecule has 7 nitrogen and oxygen atoms in total. The van der Waals surface area contributed by atoms with Gasteiger partial charge in [0, 0.05) is 6.54 Å². The maximum Gasteiger partial charge on any atom is 0.266 e. The second kappa shape index (κ2) is 11.6. The van der Waals surface area contributed by atoms with Crippen LogP contribution in [-0.2, 0) is 9.59 Å². The van der Waals surface area contributed by atoms with Gasteiger partial charge in [-0.3, -0.25) is 14.5 Å². The monoisotopic (exact) mass is 579 g/mol. The van der Waals surface area contributed by atoms with Crippen molar-refractivity contribution < 1.29 is 19.1 Å². The maximum absolute atomic E-state index is 13.1. The lowest BCUT2D eigenvalue weighted by Gasteiger charge is -2.14. The van der Waals surface area contributed by atoms with Crippen LogP contribution in [0.1, 0.15) is 31.4 Å². The quantitative estimate of drug-likeness (QED) is 0.338. The van der Waals surface area contributed by atoms with E-state index in [1.165, 1.54) is 11.8 Å². The Morgan fingerprint density at radius 2 is 1.94 bits per heavy atom. The number of amides is 2. The van der Waals surface area contributed by atoms with E-state index in [1.54, 1.807) is 11.0 Å². The molecular formula is C24H26IN3O4S. The van der Waals surface area contributed by atoms with Gasteiger partial charge in [0.25, 0.3) is 11.8 Å². The number of nitrogens with zero attached hydrogens (tertiary/aromatic N) is 2. The zero-order valence-corrected chi connectivity index (χ0v) is 21.7. The lowest BCUT2D eigenvalue weighted by Crippen LogP contribution is -2.29. The van der Waals surface area contributed by atoms with Crippen molar-refractivity contribution in [3.63, 3.8) is 0 Å². The van der Waals surface area contributed by atoms with E-state index >= 15 is 0 Å². The van der Waals surface area contributed by atoms with Crippen LogP contribution in [-0.4, -0.2) is 41.6 Å². The predicted molar refractivity (Wildman–Crippen MR) is 141 cm³/mol. The normalized spacial score (nSPS) is 16.0. The summed E-state index contributed by atoms with van der Waals surface area (Å²) in [5, 5.41) is 0.665. The molecule has 0 bridgehead atoms. The molecule has 0 aliphatic carbocycles. The van der Waals surface area contributed by atoms with Crippen LogP contribution in [0.3, 0.4) is 0 Å². The van der Waals surface area contributed by atoms with Crippen molar-refractivity contribution in [2.24, 2.45) is 10.7 Å². The number of primary amides is 1. The fourth-order valence-corrected chi connectivity index (χ4v) is 4.92. The van der Waals surface area contributed by atoms with Crippen LogP contribution in [0.25, 0.3) is 6.08 Å². The Morgan fingerprint density at radius 3 is 2.58 bits per heavy atom. The second-order valence-electron chi connectivity index (χ2n) is 7.32. The Balaban J connectivity index is 1.95. The summed E-state index contributed by atoms with van der Waals surface area (Å²) in [6, 6.07) is 11.6. The molecular weight excluding hydrogens is 553 g/mol. The molecule has 0 spiro atoms. The number of aryl methyl sites for hydroxylation is 1. The number of hydrogen-bond donors (Lipinski definition) is 1. The third kappa shape index (κ3) is 6.50. The number of halogens is 1. The molecule has 0 saturated carbocycles. The molecule has 174 valence electrons. The van der Waals surface area contributed by atoms with Crippen molar-refractivity contribution in [3.05, 3.63) is 56.0 Å². The fraction of sp³-hybridized carbons (Fsp3) is 0.292. The Kier molecular flexibility index (Phi) is 8.79. The Bertz CT molecular complexity index is 1100. The highest BCUT2D eigenvalue weighted by Crippen LogP contribution is 2.38. The van der Waals surface area contributed by atoms with E-state index in [0.717, 1.165) is 26.8 Å². The molecule has 0 aromatic heterocycles. The van der Waals surface area contributed by atoms with Gasteiger partial charge in [-0.1, -0.05) is 24.6 Å². The van der Waals surface area contributed by atoms with E-state index in [0.29, 0.717) is 34.7 Å². The number of carbonyl (C=O) groups is 2. The van der Waals surface area contributed by atoms with Gasteiger partial charge >= 0.3 is 0 Å². The zero-order chi connectivity index (χ0) is 24.0. The smallest absolute Gasteiger partial charge is 0.266 e. The number of hydrogen-bond acceptors (Lipinski definition) is 6. The van der Waals surface area contributed by atoms with Gasteiger partial charge in [0.15, 0.2) is 23.3 Å². The molecule has 2 aromatic carbocycles. The van der Waals surface area contributed by atoms with Gasteiger partial charge in [0.05, 0.1) is 20.8 Å². The van der Waals surface area contributed by atoms with Gasteiger partial charge in [0.2, 0.25) is 0 Å². The Hall–Kier alpha value is -2.53. The maximum atomic E-state index is 13.1. The topological polar surface area (TPSA) is 94.2 Å². The number of thioether (sulfide) groups is 1. The molecule has 0 radical (unpaired) electrons. The second-order valence-corrected chi connectivity index (χ2v) is 9.49. The fourth-order valence-electron chi connectivity index (χ4n) is 3.11. The highest BCUT2D eigenvalue weighted by atomic mass is 127. The molecule has 9 heteroatoms. The summed E-state index contributed by atoms with van der Waals surface area (Å²) in [5.74, 6) is 0.309. The number of aliphatic imine (C=N–C) groups is 1. The van der Waals surface area contributed by atoms with Crippen molar-refractivity contribution in [2.45, 2.75) is 27.2 Å². The molecule has 33 heavy (non-hydrogen) atoms. The standard InChI is InChI=1S/C24H26IN3O4S/c1-4-10-28-23(30)20(33-24(28)27-17-8-6-15(3)7-9-17)13-16-11-18(25)22(32-14-21(26)29)19(12-16)31-5-2/h6-9,11-13H,4-5,10,14H2,1-3H3,(H2,26,29)/b20-13+,27-24?. The average molecular weight is 579 g/mol. The van der Waals surface area contributed by atoms with Gasteiger partial charge in [-0.05, 0) is 90.5 Å². The minimum Gasteiger partial charge on any atom is -0.490 e. The first-order valence-electron chi connectivity index (χ1n) is 10.6. The van der Waals surface area contributed by atoms with Crippen LogP contribution in [0, 0.1) is 10.5 Å². The van der Waals surface area contributed by atoms with Crippen LogP contribution in [0.5, 0.6) is 11.5 Å². The molecule has 1 saturated heterocycles. The van der Waals surface area contributed by atoms with E-state index in [2.05, 4.69) is 22.6 Å². The van der Waals surface area contributed by atoms with Crippen LogP contribution in [0.2, 0.25) is 0 Å². The lowest BCUT2D eigenvalue weighted by atomic mass is 10.2. The molecule has 2 aromatic rings. The number of rotatable bonds is 9. The number of amidine groups is 1. The van der Waals surface area contributed by atoms with Gasteiger partial charge in [-0.15, -0.1) is 0 Å². The van der Waals surface area contributed by atoms with Crippen LogP contribution in [0.15, 0.2) is 46.3 Å². The highest BCUT2D eigenvalue weighted by molar-refractivity contribution is 14.1. The molecule has 0 unspecified atom stereocenters. The van der Waals surface area contributed by atoms with Crippen LogP contribution in [0.4, 0.5) is 5.69 Å². The third-order valence-electron chi connectivity index (χ3n) is 4.58. The van der Waals surface area contributed by atoms with Crippen molar-refractivity contribution in [2.75, 3.05) is 19.8 Å². The Morgan fingerprint density at radius 1 is 1.21 bits per heavy atom. The summed E-state index contributed by atoms with van der Waals surface area (Å²) in [7, 11) is 0. The van der Waals surface area contributed by atoms with Crippen molar-refractivity contribution >= 4 is 63.1 Å². The summed E-state index contributed by atoms with van der Waals surface area (Å²) in [6.07, 6.45) is 2.65. The van der Waals surface area contributed by atoms with Gasteiger partial charge in [-0.2, -0.15) is 0 Å². The van der Waals surface area contributed by atoms with E-state index in [-0.39, 0.29) is 12.5 Å². The van der Waals surface area contributed by atoms with E-state index in [1.807, 2.05) is 57.2 Å². The molecule has 1 heterocycles. The first kappa shape index (κ1) is 25.1. The third-order valence-corrected chi connectivity index (χ3v) is 6.39. The first-order valence-corrected chi connectivity index (χ1v) is 12.5. The van der Waals surface area contributed by atoms with E-state index in [4.69, 9.17) is 20.2 Å². The van der Waals surface area contributed by atoms with Crippen LogP contribution < -0.4 is 15.2 Å². The number of carbonyl (C=O) groups excluding carboxylic acids is 2. The molecule has 1 aliphatic heterocycles. The minimum absolute atomic E-state index is 0.0743. The lowest BCUT2D eigenvalue weighted by molar-refractivity contribution is -0.122. The molecule has 1 aliphatic rings. The minimum atomic E-state index is -0.566. The van der Waals surface area contributed by atoms with Crippen molar-refractivity contribution in [3.8, 4) is 11.5 Å². The molecule has 2 N–H and O–H groups in total. The molecule has 2 amide bonds. The molecule has 0 atom stereocenters. The number of nitrogens with two attached hydrogens (primary N) is 1. The highest BCUT2D eigenvalue weighted by Gasteiger charge is 2.33. The summed E-state index contributed by atoms with van der Waals surface area (Å²) in [6.45, 7) is 6.70. The number of ether oxygens (including phenoxy) is 2. The summed E-state index contributed by atoms with van der Waals surface area (Å²) in [5.41, 5.74) is 7.96. The van der Waals surface area contributed by atoms with Gasteiger partial charge in [0.1, 0.15) is 0 Å². The van der Waals surface area contributed by atoms with Gasteiger partial charge < -0.3 is 15.2 Å². The number of benzene rings is 2. The summed E-state index contributed by atoms with van der Waals surface area (Å²) >= 11 is 3.47. The van der Waals surface area contributed by atoms with Crippen molar-refractivity contribution in [1.29, 1.82) is 0 Å². The zero-order valence-electron chi connectivity index (χ0n) is 18.8. The van der Waals surface area contributed by atoms with E-state index < -0.39 is 5.91 Å². The SMILES string of the molecule is CCCN1C(=O)/C(=C\c2cc(I)c(OCC(N)=O)c(OCC)c2)SC1=Nc1ccc(C)cc1. The van der Waals surface area contributed by atoms with E-state index in [9.17, 15) is 9.59 Å². The van der Waals surface area contributed by atoms with Gasteiger partial charge in [-0.25, -0.2) is 4.99 Å². The predicted octanol–water partition coefficient (Wildman–Crippen LogP) is 4.88. The van der Waals surface area contributed by atoms with Crippen LogP contribution >= 0.6 is 34.4 Å². The average Bonchev–Trinajstić information content (AvgIpc) is 3.04. The summed E-state index contributed by atoms with van der Waals surface area (Å²) < 4.78 is 12.0. The molecule has 1 fully saturated rings. The first-order chi connectivity index (χ1) is 15.8. The Labute approximate surface area is 211 Å². The summed E-state index contributed by atoms with van der Waals surface area (Å²) in [4.78, 5) is 31.3. The van der Waals surface area contributed by atoms with Crippen molar-refractivity contribution in [1.82, 2.24) is 4.90 Å².